The van der Waals surface area contributed by atoms with Crippen LogP contribution in [0.15, 0.2) is 42.5 Å². The molecule has 15 heavy (non-hydrogen) atoms. The van der Waals surface area contributed by atoms with Crippen LogP contribution in [0.2, 0.25) is 0 Å². The smallest absolute Gasteiger partial charge is 0.268 e. The van der Waals surface area contributed by atoms with Gasteiger partial charge in [0.2, 0.25) is 0 Å². The van der Waals surface area contributed by atoms with Crippen molar-refractivity contribution in [3.05, 3.63) is 48.0 Å². The number of rotatable bonds is 2. The van der Waals surface area contributed by atoms with E-state index in [1.807, 2.05) is 6.07 Å². The predicted molar refractivity (Wildman–Crippen MR) is 56.9 cm³/mol. The molecule has 0 atom stereocenters. The first-order chi connectivity index (χ1) is 7.24. The highest BCUT2D eigenvalue weighted by atomic mass is 16.2. The van der Waals surface area contributed by atoms with Crippen LogP contribution in [0.25, 0.3) is 0 Å². The fourth-order valence-electron chi connectivity index (χ4n) is 0.973. The summed E-state index contributed by atoms with van der Waals surface area (Å²) in [6.45, 7) is 1.72. The molecule has 0 heterocycles. The van der Waals surface area contributed by atoms with E-state index in [0.29, 0.717) is 5.56 Å². The Hall–Kier alpha value is -2.10. The van der Waals surface area contributed by atoms with Gasteiger partial charge in [0.1, 0.15) is 0 Å². The maximum Gasteiger partial charge on any atom is 0.269 e. The average Bonchev–Trinajstić information content (AvgIpc) is 2.27. The van der Waals surface area contributed by atoms with Crippen molar-refractivity contribution in [3.8, 4) is 0 Å². The Morgan fingerprint density at radius 3 is 2.40 bits per heavy atom. The third kappa shape index (κ3) is 3.64. The normalized spacial score (nSPS) is 9.93. The third-order valence-corrected chi connectivity index (χ3v) is 1.65. The minimum atomic E-state index is -0.359. The number of hydrogen-bond donors (Lipinski definition) is 2. The number of hydrogen-bond acceptors (Lipinski definition) is 2. The van der Waals surface area contributed by atoms with Crippen molar-refractivity contribution >= 4 is 11.8 Å². The predicted octanol–water partition coefficient (Wildman–Crippen LogP) is 1.02. The zero-order chi connectivity index (χ0) is 11.1. The second-order valence-electron chi connectivity index (χ2n) is 2.81. The number of carbonyl (C=O) groups is 2. The maximum atomic E-state index is 11.4. The van der Waals surface area contributed by atoms with E-state index in [1.54, 1.807) is 37.3 Å². The van der Waals surface area contributed by atoms with Gasteiger partial charge in [0.25, 0.3) is 11.8 Å². The highest BCUT2D eigenvalue weighted by Gasteiger charge is 2.03. The zero-order valence-corrected chi connectivity index (χ0v) is 8.36. The van der Waals surface area contributed by atoms with Crippen LogP contribution < -0.4 is 10.9 Å². The van der Waals surface area contributed by atoms with Crippen molar-refractivity contribution in [2.45, 2.75) is 6.92 Å². The second-order valence-corrected chi connectivity index (χ2v) is 2.81. The molecule has 0 unspecified atom stereocenters. The fraction of sp³-hybridized carbons (Fsp3) is 0.0909. The molecule has 1 aromatic rings. The lowest BCUT2D eigenvalue weighted by molar-refractivity contribution is -0.117. The Labute approximate surface area is 88.0 Å². The molecule has 2 N–H and O–H groups in total. The van der Waals surface area contributed by atoms with Crippen LogP contribution in [-0.2, 0) is 4.79 Å². The van der Waals surface area contributed by atoms with Crippen molar-refractivity contribution in [2.75, 3.05) is 0 Å². The van der Waals surface area contributed by atoms with Gasteiger partial charge in [-0.3, -0.25) is 20.4 Å². The first-order valence-corrected chi connectivity index (χ1v) is 4.52. The summed E-state index contributed by atoms with van der Waals surface area (Å²) in [5.41, 5.74) is 5.05. The summed E-state index contributed by atoms with van der Waals surface area (Å²) in [4.78, 5) is 22.4. The minimum absolute atomic E-state index is 0.339. The Kier molecular flexibility index (Phi) is 4.09. The van der Waals surface area contributed by atoms with Gasteiger partial charge in [-0.25, -0.2) is 0 Å². The Morgan fingerprint density at radius 1 is 1.13 bits per heavy atom. The van der Waals surface area contributed by atoms with Crippen molar-refractivity contribution in [2.24, 2.45) is 0 Å². The van der Waals surface area contributed by atoms with Gasteiger partial charge in [-0.15, -0.1) is 0 Å². The minimum Gasteiger partial charge on any atom is -0.268 e. The number of amides is 2. The van der Waals surface area contributed by atoms with Gasteiger partial charge in [-0.05, 0) is 19.1 Å². The van der Waals surface area contributed by atoms with Crippen LogP contribution in [-0.4, -0.2) is 11.8 Å². The van der Waals surface area contributed by atoms with Gasteiger partial charge in [0, 0.05) is 11.6 Å². The largest absolute Gasteiger partial charge is 0.269 e. The van der Waals surface area contributed by atoms with Gasteiger partial charge < -0.3 is 0 Å². The molecule has 4 heteroatoms. The van der Waals surface area contributed by atoms with Crippen LogP contribution >= 0.6 is 0 Å². The fourth-order valence-corrected chi connectivity index (χ4v) is 0.973. The van der Waals surface area contributed by atoms with E-state index in [1.165, 1.54) is 6.08 Å². The van der Waals surface area contributed by atoms with Gasteiger partial charge in [0.15, 0.2) is 0 Å². The first-order valence-electron chi connectivity index (χ1n) is 4.52. The van der Waals surface area contributed by atoms with Crippen LogP contribution in [0.5, 0.6) is 0 Å². The summed E-state index contributed by atoms with van der Waals surface area (Å²) < 4.78 is 0. The molecule has 0 aromatic heterocycles. The second kappa shape index (κ2) is 5.59. The molecule has 2 amide bonds. The number of carbonyl (C=O) groups excluding carboxylic acids is 2. The highest BCUT2D eigenvalue weighted by Crippen LogP contribution is 1.96. The lowest BCUT2D eigenvalue weighted by Crippen LogP contribution is -2.40. The highest BCUT2D eigenvalue weighted by molar-refractivity contribution is 5.96. The number of hydrazine groups is 1. The molecule has 0 fully saturated rings. The van der Waals surface area contributed by atoms with E-state index in [9.17, 15) is 9.59 Å². The lowest BCUT2D eigenvalue weighted by Gasteiger charge is -2.04. The van der Waals surface area contributed by atoms with Gasteiger partial charge >= 0.3 is 0 Å². The van der Waals surface area contributed by atoms with Gasteiger partial charge in [-0.1, -0.05) is 24.3 Å². The molecule has 0 spiro atoms. The molecule has 0 aliphatic carbocycles. The van der Waals surface area contributed by atoms with E-state index in [2.05, 4.69) is 10.9 Å². The van der Waals surface area contributed by atoms with Crippen molar-refractivity contribution in [1.82, 2.24) is 10.9 Å². The van der Waals surface area contributed by atoms with E-state index in [0.717, 1.165) is 0 Å². The molecule has 1 aromatic carbocycles. The molecule has 0 bridgehead atoms. The molecular formula is C11H12N2O2. The molecule has 0 saturated heterocycles. The van der Waals surface area contributed by atoms with E-state index >= 15 is 0 Å². The molecule has 0 aliphatic heterocycles. The van der Waals surface area contributed by atoms with E-state index in [4.69, 9.17) is 0 Å². The van der Waals surface area contributed by atoms with E-state index in [-0.39, 0.29) is 11.8 Å². The molecular weight excluding hydrogens is 192 g/mol. The first kappa shape index (κ1) is 11.0. The summed E-state index contributed by atoms with van der Waals surface area (Å²) in [6, 6.07) is 8.65. The number of benzene rings is 1. The molecule has 0 aliphatic rings. The average molecular weight is 204 g/mol. The van der Waals surface area contributed by atoms with Gasteiger partial charge in [0.05, 0.1) is 0 Å². The summed E-state index contributed by atoms with van der Waals surface area (Å²) in [7, 11) is 0. The number of nitrogens with one attached hydrogen (secondary N) is 2. The third-order valence-electron chi connectivity index (χ3n) is 1.65. The Balaban J connectivity index is 2.47. The summed E-state index contributed by atoms with van der Waals surface area (Å²) in [5, 5.41) is 0. The SMILES string of the molecule is C/C=C/C(=O)NNC(=O)c1ccccc1. The molecule has 0 saturated carbocycles. The lowest BCUT2D eigenvalue weighted by atomic mass is 10.2. The summed E-state index contributed by atoms with van der Waals surface area (Å²) in [6.07, 6.45) is 2.91. The number of allylic oxidation sites excluding steroid dienone is 1. The topological polar surface area (TPSA) is 58.2 Å². The van der Waals surface area contributed by atoms with Gasteiger partial charge in [-0.2, -0.15) is 0 Å². The van der Waals surface area contributed by atoms with Crippen LogP contribution in [0.3, 0.4) is 0 Å². The molecule has 78 valence electrons. The standard InChI is InChI=1S/C11H12N2O2/c1-2-6-10(14)12-13-11(15)9-7-4-3-5-8-9/h2-8H,1H3,(H,12,14)(H,13,15)/b6-2+. The van der Waals surface area contributed by atoms with Crippen molar-refractivity contribution < 1.29 is 9.59 Å². The van der Waals surface area contributed by atoms with Crippen LogP contribution in [0, 0.1) is 0 Å². The molecule has 4 nitrogen and oxygen atoms in total. The summed E-state index contributed by atoms with van der Waals surface area (Å²) in [5.74, 6) is -0.699. The van der Waals surface area contributed by atoms with Crippen LogP contribution in [0.4, 0.5) is 0 Å². The Morgan fingerprint density at radius 2 is 1.80 bits per heavy atom. The maximum absolute atomic E-state index is 11.4. The van der Waals surface area contributed by atoms with Crippen molar-refractivity contribution in [1.29, 1.82) is 0 Å². The monoisotopic (exact) mass is 204 g/mol. The summed E-state index contributed by atoms with van der Waals surface area (Å²) >= 11 is 0. The Bertz CT molecular complexity index is 371. The van der Waals surface area contributed by atoms with Crippen molar-refractivity contribution in [3.63, 3.8) is 0 Å². The molecule has 1 rings (SSSR count). The zero-order valence-electron chi connectivity index (χ0n) is 8.36. The molecule has 0 radical (unpaired) electrons. The van der Waals surface area contributed by atoms with Crippen LogP contribution in [0.1, 0.15) is 17.3 Å². The quantitative estimate of drug-likeness (QED) is 0.558. The van der Waals surface area contributed by atoms with E-state index < -0.39 is 0 Å².